The van der Waals surface area contributed by atoms with E-state index in [1.54, 1.807) is 54.6 Å². The van der Waals surface area contributed by atoms with Gasteiger partial charge in [0, 0.05) is 11.5 Å². The molecule has 0 saturated heterocycles. The lowest BCUT2D eigenvalue weighted by molar-refractivity contribution is 0.0875. The number of rotatable bonds is 5. The van der Waals surface area contributed by atoms with E-state index in [4.69, 9.17) is 5.26 Å². The molecule has 0 unspecified atom stereocenters. The molecule has 0 aliphatic heterocycles. The first-order valence-corrected chi connectivity index (χ1v) is 11.6. The number of nitrogens with zero attached hydrogens (tertiary/aromatic N) is 1. The standard InChI is InChI=1S/C25H22N2O3S/c1-17-6-13-21(14-7-17)31(29,30)27-24(20-10-8-18(16-26)9-11-20)23-15-12-19-4-2-3-5-22(19)25(23)28/h2-11,13-14,23-24,27H,12,15H2,1H3/t23-,24+/m0/s1. The SMILES string of the molecule is Cc1ccc(S(=O)(=O)N[C@H](c2ccc(C#N)cc2)[C@@H]2CCc3ccccc3C2=O)cc1. The van der Waals surface area contributed by atoms with Crippen molar-refractivity contribution in [2.45, 2.75) is 30.7 Å². The van der Waals surface area contributed by atoms with Crippen molar-refractivity contribution in [2.24, 2.45) is 5.92 Å². The Hall–Kier alpha value is -3.27. The first kappa shape index (κ1) is 21.0. The maximum atomic E-state index is 13.3. The molecule has 0 spiro atoms. The van der Waals surface area contributed by atoms with Crippen LogP contribution in [-0.2, 0) is 16.4 Å². The van der Waals surface area contributed by atoms with E-state index in [0.29, 0.717) is 29.5 Å². The number of Topliss-reactive ketones (excluding diaryl/α,β-unsaturated/α-hetero) is 1. The normalized spacial score (nSPS) is 16.9. The Morgan fingerprint density at radius 1 is 1.00 bits per heavy atom. The molecular formula is C25H22N2O3S. The average molecular weight is 431 g/mol. The molecule has 31 heavy (non-hydrogen) atoms. The molecule has 2 atom stereocenters. The van der Waals surface area contributed by atoms with Crippen LogP contribution in [0, 0.1) is 24.2 Å². The number of hydrogen-bond donors (Lipinski definition) is 1. The fourth-order valence-corrected chi connectivity index (χ4v) is 5.30. The maximum absolute atomic E-state index is 13.3. The van der Waals surface area contributed by atoms with Crippen LogP contribution in [0.1, 0.15) is 45.1 Å². The summed E-state index contributed by atoms with van der Waals surface area (Å²) in [5, 5.41) is 9.11. The third-order valence-electron chi connectivity index (χ3n) is 5.76. The zero-order chi connectivity index (χ0) is 22.0. The lowest BCUT2D eigenvalue weighted by Crippen LogP contribution is -2.39. The Labute approximate surface area is 182 Å². The second-order valence-corrected chi connectivity index (χ2v) is 9.53. The molecular weight excluding hydrogens is 408 g/mol. The van der Waals surface area contributed by atoms with Crippen molar-refractivity contribution in [2.75, 3.05) is 0 Å². The van der Waals surface area contributed by atoms with Gasteiger partial charge in [0.2, 0.25) is 10.0 Å². The summed E-state index contributed by atoms with van der Waals surface area (Å²) in [7, 11) is -3.86. The monoisotopic (exact) mass is 430 g/mol. The van der Waals surface area contributed by atoms with E-state index in [2.05, 4.69) is 10.8 Å². The van der Waals surface area contributed by atoms with Gasteiger partial charge in [-0.2, -0.15) is 5.26 Å². The first-order valence-electron chi connectivity index (χ1n) is 10.1. The third-order valence-corrected chi connectivity index (χ3v) is 7.22. The molecule has 0 bridgehead atoms. The number of ketones is 1. The van der Waals surface area contributed by atoms with Crippen molar-refractivity contribution in [3.8, 4) is 6.07 Å². The predicted octanol–water partition coefficient (Wildman–Crippen LogP) is 4.33. The highest BCUT2D eigenvalue weighted by atomic mass is 32.2. The molecule has 3 aromatic rings. The van der Waals surface area contributed by atoms with Crippen LogP contribution >= 0.6 is 0 Å². The summed E-state index contributed by atoms with van der Waals surface area (Å²) in [4.78, 5) is 13.5. The third kappa shape index (κ3) is 4.29. The molecule has 1 N–H and O–H groups in total. The molecule has 5 nitrogen and oxygen atoms in total. The van der Waals surface area contributed by atoms with Crippen LogP contribution in [0.2, 0.25) is 0 Å². The van der Waals surface area contributed by atoms with E-state index in [1.807, 2.05) is 25.1 Å². The van der Waals surface area contributed by atoms with Gasteiger partial charge in [-0.15, -0.1) is 0 Å². The number of nitriles is 1. The first-order chi connectivity index (χ1) is 14.9. The summed E-state index contributed by atoms with van der Waals surface area (Å²) in [5.41, 5.74) is 3.73. The molecule has 4 rings (SSSR count). The van der Waals surface area contributed by atoms with Gasteiger partial charge < -0.3 is 0 Å². The zero-order valence-corrected chi connectivity index (χ0v) is 17.9. The number of aryl methyl sites for hydroxylation is 2. The molecule has 1 aliphatic rings. The molecule has 6 heteroatoms. The zero-order valence-electron chi connectivity index (χ0n) is 17.1. The van der Waals surface area contributed by atoms with Gasteiger partial charge in [-0.1, -0.05) is 54.1 Å². The molecule has 0 fully saturated rings. The lowest BCUT2D eigenvalue weighted by Gasteiger charge is -2.31. The van der Waals surface area contributed by atoms with E-state index in [9.17, 15) is 13.2 Å². The molecule has 1 aliphatic carbocycles. The molecule has 0 aromatic heterocycles. The van der Waals surface area contributed by atoms with Crippen molar-refractivity contribution in [3.63, 3.8) is 0 Å². The average Bonchev–Trinajstić information content (AvgIpc) is 2.79. The number of fused-ring (bicyclic) bond motifs is 1. The Morgan fingerprint density at radius 3 is 2.35 bits per heavy atom. The van der Waals surface area contributed by atoms with Gasteiger partial charge in [0.15, 0.2) is 5.78 Å². The number of carbonyl (C=O) groups is 1. The quantitative estimate of drug-likeness (QED) is 0.653. The van der Waals surface area contributed by atoms with Crippen LogP contribution < -0.4 is 4.72 Å². The second-order valence-electron chi connectivity index (χ2n) is 7.81. The van der Waals surface area contributed by atoms with Gasteiger partial charge in [-0.3, -0.25) is 4.79 Å². The van der Waals surface area contributed by atoms with Crippen molar-refractivity contribution >= 4 is 15.8 Å². The summed E-state index contributed by atoms with van der Waals surface area (Å²) < 4.78 is 29.1. The van der Waals surface area contributed by atoms with Gasteiger partial charge in [0.25, 0.3) is 0 Å². The Morgan fingerprint density at radius 2 is 1.68 bits per heavy atom. The van der Waals surface area contributed by atoms with Crippen LogP contribution in [-0.4, -0.2) is 14.2 Å². The highest BCUT2D eigenvalue weighted by Gasteiger charge is 2.36. The molecule has 156 valence electrons. The fraction of sp³-hybridized carbons (Fsp3) is 0.200. The van der Waals surface area contributed by atoms with Gasteiger partial charge in [-0.25, -0.2) is 13.1 Å². The summed E-state index contributed by atoms with van der Waals surface area (Å²) in [6.07, 6.45) is 1.24. The van der Waals surface area contributed by atoms with E-state index in [1.165, 1.54) is 0 Å². The van der Waals surface area contributed by atoms with E-state index < -0.39 is 22.0 Å². The number of hydrogen-bond acceptors (Lipinski definition) is 4. The minimum atomic E-state index is -3.86. The Kier molecular flexibility index (Phi) is 5.73. The number of nitrogens with one attached hydrogen (secondary N) is 1. The van der Waals surface area contributed by atoms with Gasteiger partial charge in [0.05, 0.1) is 22.6 Å². The summed E-state index contributed by atoms with van der Waals surface area (Å²) in [6.45, 7) is 1.89. The number of sulfonamides is 1. The van der Waals surface area contributed by atoms with Crippen LogP contribution in [0.3, 0.4) is 0 Å². The van der Waals surface area contributed by atoms with E-state index in [0.717, 1.165) is 11.1 Å². The van der Waals surface area contributed by atoms with Crippen molar-refractivity contribution in [3.05, 3.63) is 101 Å². The van der Waals surface area contributed by atoms with E-state index >= 15 is 0 Å². The summed E-state index contributed by atoms with van der Waals surface area (Å²) in [5.74, 6) is -0.606. The largest absolute Gasteiger partial charge is 0.294 e. The van der Waals surface area contributed by atoms with Gasteiger partial charge >= 0.3 is 0 Å². The Balaban J connectivity index is 1.74. The summed E-state index contributed by atoms with van der Waals surface area (Å²) in [6, 6.07) is 22.1. The predicted molar refractivity (Wildman–Crippen MR) is 118 cm³/mol. The van der Waals surface area contributed by atoms with Crippen molar-refractivity contribution in [1.29, 1.82) is 5.26 Å². The van der Waals surface area contributed by atoms with Crippen LogP contribution in [0.4, 0.5) is 0 Å². The van der Waals surface area contributed by atoms with Gasteiger partial charge in [-0.05, 0) is 55.2 Å². The highest BCUT2D eigenvalue weighted by molar-refractivity contribution is 7.89. The summed E-state index contributed by atoms with van der Waals surface area (Å²) >= 11 is 0. The molecule has 0 heterocycles. The van der Waals surface area contributed by atoms with Crippen molar-refractivity contribution < 1.29 is 13.2 Å². The molecule has 0 radical (unpaired) electrons. The van der Waals surface area contributed by atoms with Gasteiger partial charge in [0.1, 0.15) is 0 Å². The Bertz CT molecular complexity index is 1260. The molecule has 0 saturated carbocycles. The number of carbonyl (C=O) groups excluding carboxylic acids is 1. The minimum absolute atomic E-state index is 0.0668. The topological polar surface area (TPSA) is 87.0 Å². The van der Waals surface area contributed by atoms with E-state index in [-0.39, 0.29) is 10.7 Å². The van der Waals surface area contributed by atoms with Crippen LogP contribution in [0.25, 0.3) is 0 Å². The highest BCUT2D eigenvalue weighted by Crippen LogP contribution is 2.35. The fourth-order valence-electron chi connectivity index (χ4n) is 4.04. The number of benzene rings is 3. The maximum Gasteiger partial charge on any atom is 0.241 e. The van der Waals surface area contributed by atoms with Crippen LogP contribution in [0.5, 0.6) is 0 Å². The molecule has 0 amide bonds. The van der Waals surface area contributed by atoms with Crippen LogP contribution in [0.15, 0.2) is 77.7 Å². The molecule has 3 aromatic carbocycles. The smallest absolute Gasteiger partial charge is 0.241 e. The second kappa shape index (κ2) is 8.46. The van der Waals surface area contributed by atoms with Crippen molar-refractivity contribution in [1.82, 2.24) is 4.72 Å². The lowest BCUT2D eigenvalue weighted by atomic mass is 9.77. The minimum Gasteiger partial charge on any atom is -0.294 e.